The van der Waals surface area contributed by atoms with Crippen molar-refractivity contribution in [1.82, 2.24) is 9.80 Å². The summed E-state index contributed by atoms with van der Waals surface area (Å²) in [6.07, 6.45) is 0.331. The van der Waals surface area contributed by atoms with Gasteiger partial charge < -0.3 is 9.80 Å². The fraction of sp³-hybridized carbons (Fsp3) is 0.529. The highest BCUT2D eigenvalue weighted by Crippen LogP contribution is 2.38. The maximum absolute atomic E-state index is 12.9. The Labute approximate surface area is 135 Å². The van der Waals surface area contributed by atoms with E-state index in [-0.39, 0.29) is 23.8 Å². The van der Waals surface area contributed by atoms with Gasteiger partial charge in [-0.15, -0.1) is 0 Å². The molecule has 22 heavy (non-hydrogen) atoms. The van der Waals surface area contributed by atoms with Crippen LogP contribution in [0.4, 0.5) is 0 Å². The molecule has 2 atom stereocenters. The van der Waals surface area contributed by atoms with E-state index in [1.165, 1.54) is 5.56 Å². The molecule has 1 aromatic carbocycles. The number of aryl methyl sites for hydroxylation is 1. The smallest absolute Gasteiger partial charge is 0.228 e. The van der Waals surface area contributed by atoms with Crippen LogP contribution in [0.5, 0.6) is 0 Å². The molecular formula is C17H22N2O2S. The third kappa shape index (κ3) is 2.86. The summed E-state index contributed by atoms with van der Waals surface area (Å²) >= 11 is 1.89. The van der Waals surface area contributed by atoms with Crippen LogP contribution in [0.3, 0.4) is 0 Å². The minimum atomic E-state index is -0.247. The number of thioether (sulfide) groups is 1. The van der Waals surface area contributed by atoms with Crippen LogP contribution in [0.25, 0.3) is 0 Å². The standard InChI is InChI=1S/C17H22N2O2S/c1-12-3-5-13(6-4-12)16-14(11-15(20)18(16)2)17(21)19-7-9-22-10-8-19/h3-6,14,16H,7-11H2,1-2H3/t14-,16+/m0/s1. The van der Waals surface area contributed by atoms with Gasteiger partial charge in [-0.2, -0.15) is 11.8 Å². The van der Waals surface area contributed by atoms with E-state index in [1.807, 2.05) is 54.9 Å². The Morgan fingerprint density at radius 3 is 2.45 bits per heavy atom. The highest BCUT2D eigenvalue weighted by molar-refractivity contribution is 7.99. The lowest BCUT2D eigenvalue weighted by Gasteiger charge is -2.32. The lowest BCUT2D eigenvalue weighted by Crippen LogP contribution is -2.42. The summed E-state index contributed by atoms with van der Waals surface area (Å²) in [4.78, 5) is 28.7. The SMILES string of the molecule is Cc1ccc([C@@H]2[C@@H](C(=O)N3CCSCC3)CC(=O)N2C)cc1. The van der Waals surface area contributed by atoms with Gasteiger partial charge in [-0.1, -0.05) is 29.8 Å². The zero-order valence-corrected chi connectivity index (χ0v) is 13.9. The van der Waals surface area contributed by atoms with Gasteiger partial charge in [-0.25, -0.2) is 0 Å². The van der Waals surface area contributed by atoms with Gasteiger partial charge >= 0.3 is 0 Å². The van der Waals surface area contributed by atoms with E-state index >= 15 is 0 Å². The average molecular weight is 318 g/mol. The summed E-state index contributed by atoms with van der Waals surface area (Å²) in [6.45, 7) is 3.65. The largest absolute Gasteiger partial charge is 0.341 e. The van der Waals surface area contributed by atoms with Crippen LogP contribution in [-0.2, 0) is 9.59 Å². The molecule has 0 radical (unpaired) electrons. The number of nitrogens with zero attached hydrogens (tertiary/aromatic N) is 2. The monoisotopic (exact) mass is 318 g/mol. The molecule has 3 rings (SSSR count). The van der Waals surface area contributed by atoms with Crippen LogP contribution in [0.15, 0.2) is 24.3 Å². The Balaban J connectivity index is 1.86. The molecule has 118 valence electrons. The molecule has 4 nitrogen and oxygen atoms in total. The first-order valence-electron chi connectivity index (χ1n) is 7.76. The maximum atomic E-state index is 12.9. The normalized spacial score (nSPS) is 25.6. The molecule has 2 saturated heterocycles. The number of hydrogen-bond donors (Lipinski definition) is 0. The Kier molecular flexibility index (Phi) is 4.43. The quantitative estimate of drug-likeness (QED) is 0.838. The van der Waals surface area contributed by atoms with Gasteiger partial charge in [0, 0.05) is 38.1 Å². The summed E-state index contributed by atoms with van der Waals surface area (Å²) < 4.78 is 0. The number of rotatable bonds is 2. The average Bonchev–Trinajstić information content (AvgIpc) is 2.84. The van der Waals surface area contributed by atoms with E-state index in [0.717, 1.165) is 30.2 Å². The van der Waals surface area contributed by atoms with Gasteiger partial charge in [0.15, 0.2) is 0 Å². The molecule has 0 aromatic heterocycles. The van der Waals surface area contributed by atoms with Crippen molar-refractivity contribution in [1.29, 1.82) is 0 Å². The minimum Gasteiger partial charge on any atom is -0.341 e. The Morgan fingerprint density at radius 1 is 1.18 bits per heavy atom. The Bertz CT molecular complexity index is 567. The van der Waals surface area contributed by atoms with Gasteiger partial charge in [-0.3, -0.25) is 9.59 Å². The van der Waals surface area contributed by atoms with Crippen molar-refractivity contribution < 1.29 is 9.59 Å². The molecule has 0 bridgehead atoms. The number of hydrogen-bond acceptors (Lipinski definition) is 3. The van der Waals surface area contributed by atoms with Crippen LogP contribution < -0.4 is 0 Å². The molecule has 0 aliphatic carbocycles. The molecule has 2 aliphatic rings. The number of benzene rings is 1. The van der Waals surface area contributed by atoms with Crippen molar-refractivity contribution in [2.45, 2.75) is 19.4 Å². The van der Waals surface area contributed by atoms with Crippen LogP contribution >= 0.6 is 11.8 Å². The van der Waals surface area contributed by atoms with Crippen LogP contribution in [-0.4, -0.2) is 53.3 Å². The van der Waals surface area contributed by atoms with Gasteiger partial charge in [0.2, 0.25) is 11.8 Å². The third-order valence-corrected chi connectivity index (χ3v) is 5.59. The predicted molar refractivity (Wildman–Crippen MR) is 88.7 cm³/mol. The van der Waals surface area contributed by atoms with Crippen molar-refractivity contribution >= 4 is 23.6 Å². The van der Waals surface area contributed by atoms with Crippen LogP contribution in [0.2, 0.25) is 0 Å². The summed E-state index contributed by atoms with van der Waals surface area (Å²) in [5.41, 5.74) is 2.25. The lowest BCUT2D eigenvalue weighted by atomic mass is 9.92. The van der Waals surface area contributed by atoms with Gasteiger partial charge in [0.25, 0.3) is 0 Å². The summed E-state index contributed by atoms with van der Waals surface area (Å²) in [5.74, 6) is 1.96. The first-order chi connectivity index (χ1) is 10.6. The number of likely N-dealkylation sites (tertiary alicyclic amines) is 1. The van der Waals surface area contributed by atoms with E-state index in [2.05, 4.69) is 0 Å². The third-order valence-electron chi connectivity index (χ3n) is 4.65. The fourth-order valence-corrected chi connectivity index (χ4v) is 4.23. The number of carbonyl (C=O) groups is 2. The highest BCUT2D eigenvalue weighted by Gasteiger charge is 2.44. The first-order valence-corrected chi connectivity index (χ1v) is 8.92. The molecule has 0 N–H and O–H groups in total. The molecular weight excluding hydrogens is 296 g/mol. The van der Waals surface area contributed by atoms with Gasteiger partial charge in [-0.05, 0) is 12.5 Å². The molecule has 0 saturated carbocycles. The molecule has 0 spiro atoms. The fourth-order valence-electron chi connectivity index (χ4n) is 3.33. The highest BCUT2D eigenvalue weighted by atomic mass is 32.2. The molecule has 2 heterocycles. The van der Waals surface area contributed by atoms with Crippen molar-refractivity contribution in [3.05, 3.63) is 35.4 Å². The first kappa shape index (κ1) is 15.4. The van der Waals surface area contributed by atoms with Crippen molar-refractivity contribution in [2.75, 3.05) is 31.6 Å². The molecule has 2 amide bonds. The summed E-state index contributed by atoms with van der Waals surface area (Å²) in [7, 11) is 1.81. The Morgan fingerprint density at radius 2 is 1.82 bits per heavy atom. The van der Waals surface area contributed by atoms with E-state index in [1.54, 1.807) is 4.90 Å². The summed E-state index contributed by atoms with van der Waals surface area (Å²) in [5, 5.41) is 0. The van der Waals surface area contributed by atoms with E-state index in [9.17, 15) is 9.59 Å². The van der Waals surface area contributed by atoms with Crippen molar-refractivity contribution in [3.63, 3.8) is 0 Å². The molecule has 1 aromatic rings. The summed E-state index contributed by atoms with van der Waals surface area (Å²) in [6, 6.07) is 8.05. The van der Waals surface area contributed by atoms with E-state index in [4.69, 9.17) is 0 Å². The maximum Gasteiger partial charge on any atom is 0.228 e. The second-order valence-electron chi connectivity index (χ2n) is 6.11. The number of carbonyl (C=O) groups excluding carboxylic acids is 2. The topological polar surface area (TPSA) is 40.6 Å². The molecule has 2 aliphatic heterocycles. The zero-order chi connectivity index (χ0) is 15.7. The minimum absolute atomic E-state index is 0.0651. The zero-order valence-electron chi connectivity index (χ0n) is 13.1. The lowest BCUT2D eigenvalue weighted by molar-refractivity contribution is -0.136. The molecule has 0 unspecified atom stereocenters. The second kappa shape index (κ2) is 6.32. The van der Waals surface area contributed by atoms with E-state index < -0.39 is 0 Å². The van der Waals surface area contributed by atoms with Crippen LogP contribution in [0, 0.1) is 12.8 Å². The van der Waals surface area contributed by atoms with Gasteiger partial charge in [0.05, 0.1) is 12.0 Å². The predicted octanol–water partition coefficient (Wildman–Crippen LogP) is 2.09. The second-order valence-corrected chi connectivity index (χ2v) is 7.33. The molecule has 5 heteroatoms. The Hall–Kier alpha value is -1.49. The molecule has 2 fully saturated rings. The van der Waals surface area contributed by atoms with Gasteiger partial charge in [0.1, 0.15) is 0 Å². The van der Waals surface area contributed by atoms with E-state index in [0.29, 0.717) is 6.42 Å². The van der Waals surface area contributed by atoms with Crippen LogP contribution in [0.1, 0.15) is 23.6 Å². The number of amides is 2. The van der Waals surface area contributed by atoms with Crippen molar-refractivity contribution in [3.8, 4) is 0 Å². The van der Waals surface area contributed by atoms with Crippen molar-refractivity contribution in [2.24, 2.45) is 5.92 Å².